The third kappa shape index (κ3) is 2.66. The first-order valence-electron chi connectivity index (χ1n) is 3.54. The highest BCUT2D eigenvalue weighted by Gasteiger charge is 2.00. The largest absolute Gasteiger partial charge is 0.459 e. The van der Waals surface area contributed by atoms with Crippen LogP contribution in [-0.4, -0.2) is 11.3 Å². The van der Waals surface area contributed by atoms with Gasteiger partial charge < -0.3 is 4.74 Å². The Kier molecular flexibility index (Phi) is 3.29. The molecule has 0 aliphatic carbocycles. The van der Waals surface area contributed by atoms with Crippen LogP contribution >= 0.6 is 11.6 Å². The van der Waals surface area contributed by atoms with Crippen molar-refractivity contribution in [2.45, 2.75) is 19.2 Å². The molecule has 1 unspecified atom stereocenters. The van der Waals surface area contributed by atoms with E-state index in [9.17, 15) is 4.39 Å². The first kappa shape index (κ1) is 9.26. The van der Waals surface area contributed by atoms with Crippen LogP contribution in [0.25, 0.3) is 0 Å². The fourth-order valence-corrected chi connectivity index (χ4v) is 0.905. The molecule has 0 spiro atoms. The van der Waals surface area contributed by atoms with Gasteiger partial charge in [-0.25, -0.2) is 4.39 Å². The molecule has 0 radical (unpaired) electrons. The molecular formula is C8H9ClFNO. The molecule has 0 N–H and O–H groups in total. The molecule has 4 heteroatoms. The monoisotopic (exact) mass is 189 g/mol. The summed E-state index contributed by atoms with van der Waals surface area (Å²) in [6, 6.07) is 3.34. The average Bonchev–Trinajstić information content (AvgIpc) is 2.05. The average molecular weight is 190 g/mol. The van der Waals surface area contributed by atoms with Gasteiger partial charge in [-0.15, -0.1) is 11.6 Å². The van der Waals surface area contributed by atoms with Gasteiger partial charge >= 0.3 is 0 Å². The van der Waals surface area contributed by atoms with Gasteiger partial charge in [0.05, 0.1) is 17.8 Å². The number of aromatic nitrogens is 1. The first-order valence-corrected chi connectivity index (χ1v) is 4.07. The van der Waals surface area contributed by atoms with Gasteiger partial charge in [0.15, 0.2) is 0 Å². The van der Waals surface area contributed by atoms with Crippen molar-refractivity contribution < 1.29 is 9.13 Å². The predicted octanol–water partition coefficient (Wildman–Crippen LogP) is 2.51. The Hall–Kier alpha value is -0.830. The molecule has 1 aromatic heterocycles. The molecule has 0 saturated carbocycles. The summed E-state index contributed by atoms with van der Waals surface area (Å²) >= 11 is 5.51. The first-order chi connectivity index (χ1) is 5.72. The number of ether oxygens (including phenoxy) is 1. The van der Waals surface area contributed by atoms with E-state index in [1.807, 2.05) is 0 Å². The van der Waals surface area contributed by atoms with E-state index in [4.69, 9.17) is 16.3 Å². The minimum Gasteiger partial charge on any atom is -0.459 e. The lowest BCUT2D eigenvalue weighted by molar-refractivity contribution is 0.0856. The minimum absolute atomic E-state index is 0.353. The summed E-state index contributed by atoms with van der Waals surface area (Å²) in [4.78, 5) is 3.93. The predicted molar refractivity (Wildman–Crippen MR) is 45.0 cm³/mol. The molecule has 1 aromatic rings. The number of rotatable bonds is 3. The molecule has 0 bridgehead atoms. The van der Waals surface area contributed by atoms with Gasteiger partial charge in [-0.2, -0.15) is 0 Å². The fraction of sp³-hybridized carbons (Fsp3) is 0.375. The topological polar surface area (TPSA) is 22.1 Å². The number of nitrogens with zero attached hydrogens (tertiary/aromatic N) is 1. The lowest BCUT2D eigenvalue weighted by atomic mass is 10.4. The van der Waals surface area contributed by atoms with Crippen molar-refractivity contribution in [2.75, 3.05) is 0 Å². The lowest BCUT2D eigenvalue weighted by Gasteiger charge is -2.05. The van der Waals surface area contributed by atoms with Crippen LogP contribution < -0.4 is 4.74 Å². The molecule has 0 aromatic carbocycles. The van der Waals surface area contributed by atoms with Crippen molar-refractivity contribution in [1.29, 1.82) is 0 Å². The maximum atomic E-state index is 12.3. The van der Waals surface area contributed by atoms with Gasteiger partial charge in [-0.05, 0) is 12.1 Å². The third-order valence-corrected chi connectivity index (χ3v) is 1.51. The Morgan fingerprint density at radius 2 is 2.42 bits per heavy atom. The third-order valence-electron chi connectivity index (χ3n) is 1.23. The highest BCUT2D eigenvalue weighted by Crippen LogP contribution is 2.12. The Bertz CT molecular complexity index is 237. The van der Waals surface area contributed by atoms with Crippen LogP contribution in [-0.2, 0) is 5.88 Å². The molecule has 12 heavy (non-hydrogen) atoms. The molecule has 0 saturated heterocycles. The number of pyridine rings is 1. The molecule has 1 atom stereocenters. The summed E-state index contributed by atoms with van der Waals surface area (Å²) in [6.45, 7) is 1.31. The minimum atomic E-state index is -1.31. The zero-order valence-electron chi connectivity index (χ0n) is 6.63. The van der Waals surface area contributed by atoms with Crippen LogP contribution in [0, 0.1) is 0 Å². The van der Waals surface area contributed by atoms with Crippen LogP contribution in [0.4, 0.5) is 4.39 Å². The summed E-state index contributed by atoms with van der Waals surface area (Å²) in [6.07, 6.45) is 0.141. The second kappa shape index (κ2) is 4.26. The zero-order chi connectivity index (χ0) is 8.97. The van der Waals surface area contributed by atoms with Gasteiger partial charge in [0, 0.05) is 6.92 Å². The highest BCUT2D eigenvalue weighted by molar-refractivity contribution is 6.16. The summed E-state index contributed by atoms with van der Waals surface area (Å²) in [5, 5.41) is 0. The standard InChI is InChI=1S/C8H9ClFNO/c1-6(10)12-8-3-2-7(4-9)11-5-8/h2-3,5-6H,4H2,1H3. The second-order valence-electron chi connectivity index (χ2n) is 2.28. The summed E-state index contributed by atoms with van der Waals surface area (Å²) in [5.74, 6) is 0.768. The van der Waals surface area contributed by atoms with Gasteiger partial charge in [-0.1, -0.05) is 0 Å². The molecule has 0 aliphatic heterocycles. The molecule has 0 fully saturated rings. The Labute approximate surface area is 75.3 Å². The van der Waals surface area contributed by atoms with Crippen molar-refractivity contribution in [2.24, 2.45) is 0 Å². The van der Waals surface area contributed by atoms with Crippen molar-refractivity contribution in [3.05, 3.63) is 24.0 Å². The van der Waals surface area contributed by atoms with Crippen molar-refractivity contribution in [3.8, 4) is 5.75 Å². The van der Waals surface area contributed by atoms with Crippen molar-refractivity contribution in [1.82, 2.24) is 4.98 Å². The van der Waals surface area contributed by atoms with Gasteiger partial charge in [0.2, 0.25) is 6.36 Å². The van der Waals surface area contributed by atoms with Gasteiger partial charge in [-0.3, -0.25) is 4.98 Å². The molecule has 1 rings (SSSR count). The number of halogens is 2. The number of hydrogen-bond acceptors (Lipinski definition) is 2. The summed E-state index contributed by atoms with van der Waals surface area (Å²) in [5.41, 5.74) is 0.746. The van der Waals surface area contributed by atoms with E-state index in [1.54, 1.807) is 12.1 Å². The van der Waals surface area contributed by atoms with E-state index in [0.29, 0.717) is 11.6 Å². The van der Waals surface area contributed by atoms with Gasteiger partial charge in [0.25, 0.3) is 0 Å². The van der Waals surface area contributed by atoms with Crippen molar-refractivity contribution in [3.63, 3.8) is 0 Å². The van der Waals surface area contributed by atoms with E-state index in [2.05, 4.69) is 4.98 Å². The van der Waals surface area contributed by atoms with E-state index in [1.165, 1.54) is 13.1 Å². The zero-order valence-corrected chi connectivity index (χ0v) is 7.38. The maximum Gasteiger partial charge on any atom is 0.235 e. The molecule has 2 nitrogen and oxygen atoms in total. The van der Waals surface area contributed by atoms with E-state index < -0.39 is 6.36 Å². The smallest absolute Gasteiger partial charge is 0.235 e. The fourth-order valence-electron chi connectivity index (χ4n) is 0.747. The van der Waals surface area contributed by atoms with Crippen LogP contribution in [0.3, 0.4) is 0 Å². The van der Waals surface area contributed by atoms with Gasteiger partial charge in [0.1, 0.15) is 5.75 Å². The SMILES string of the molecule is CC(F)Oc1ccc(CCl)nc1. The Balaban J connectivity index is 2.65. The second-order valence-corrected chi connectivity index (χ2v) is 2.55. The number of hydrogen-bond donors (Lipinski definition) is 0. The molecule has 66 valence electrons. The lowest BCUT2D eigenvalue weighted by Crippen LogP contribution is -2.03. The highest BCUT2D eigenvalue weighted by atomic mass is 35.5. The van der Waals surface area contributed by atoms with E-state index in [-0.39, 0.29) is 0 Å². The van der Waals surface area contributed by atoms with E-state index in [0.717, 1.165) is 5.69 Å². The van der Waals surface area contributed by atoms with E-state index >= 15 is 0 Å². The molecular weight excluding hydrogens is 181 g/mol. The summed E-state index contributed by atoms with van der Waals surface area (Å²) < 4.78 is 17.0. The Morgan fingerprint density at radius 1 is 1.67 bits per heavy atom. The molecule has 1 heterocycles. The van der Waals surface area contributed by atoms with Crippen molar-refractivity contribution >= 4 is 11.6 Å². The maximum absolute atomic E-state index is 12.3. The number of alkyl halides is 2. The molecule has 0 aliphatic rings. The van der Waals surface area contributed by atoms with Crippen LogP contribution in [0.5, 0.6) is 5.75 Å². The molecule has 0 amide bonds. The van der Waals surface area contributed by atoms with Crippen LogP contribution in [0.15, 0.2) is 18.3 Å². The van der Waals surface area contributed by atoms with Crippen LogP contribution in [0.1, 0.15) is 12.6 Å². The Morgan fingerprint density at radius 3 is 2.83 bits per heavy atom. The normalized spacial score (nSPS) is 12.6. The van der Waals surface area contributed by atoms with Crippen LogP contribution in [0.2, 0.25) is 0 Å². The quantitative estimate of drug-likeness (QED) is 0.682. The summed E-state index contributed by atoms with van der Waals surface area (Å²) in [7, 11) is 0.